The second-order valence-corrected chi connectivity index (χ2v) is 10.3. The summed E-state index contributed by atoms with van der Waals surface area (Å²) < 4.78 is 34.2. The van der Waals surface area contributed by atoms with Crippen molar-refractivity contribution in [2.45, 2.75) is 18.7 Å². The topological polar surface area (TPSA) is 116 Å². The molecular weight excluding hydrogens is 476 g/mol. The van der Waals surface area contributed by atoms with E-state index in [0.29, 0.717) is 16.0 Å². The smallest absolute Gasteiger partial charge is 0.341 e. The number of nitrogens with one attached hydrogen (secondary N) is 1. The highest BCUT2D eigenvalue weighted by atomic mass is 32.2. The Labute approximate surface area is 200 Å². The van der Waals surface area contributed by atoms with E-state index in [4.69, 9.17) is 4.74 Å². The van der Waals surface area contributed by atoms with Crippen LogP contribution in [0.1, 0.15) is 22.2 Å². The van der Waals surface area contributed by atoms with Crippen LogP contribution in [0.15, 0.2) is 71.6 Å². The number of carbonyl (C=O) groups excluding carboxylic acids is 1. The molecule has 0 unspecified atom stereocenters. The second-order valence-electron chi connectivity index (χ2n) is 7.38. The third-order valence-electron chi connectivity index (χ3n) is 5.19. The van der Waals surface area contributed by atoms with E-state index < -0.39 is 20.9 Å². The lowest BCUT2D eigenvalue weighted by molar-refractivity contribution is -0.384. The Morgan fingerprint density at radius 3 is 2.38 bits per heavy atom. The number of carbonyl (C=O) groups is 1. The van der Waals surface area contributed by atoms with Gasteiger partial charge in [0.25, 0.3) is 15.7 Å². The Morgan fingerprint density at radius 2 is 1.74 bits per heavy atom. The van der Waals surface area contributed by atoms with Crippen molar-refractivity contribution in [3.8, 4) is 11.1 Å². The monoisotopic (exact) mass is 496 g/mol. The first-order chi connectivity index (χ1) is 16.2. The standard InChI is InChI=1S/C24H20N2O6S2/c1-3-32-24(27)22-21(17-8-11-19(12-9-17)26(28)29)15(2)33-23(22)25-34(30,31)20-13-10-16-6-4-5-7-18(16)14-20/h4-14,25H,3H2,1-2H3. The fourth-order valence-electron chi connectivity index (χ4n) is 3.63. The van der Waals surface area contributed by atoms with Crippen LogP contribution in [-0.2, 0) is 14.8 Å². The van der Waals surface area contributed by atoms with E-state index in [1.165, 1.54) is 30.3 Å². The molecule has 0 aliphatic carbocycles. The number of rotatable bonds is 7. The Bertz CT molecular complexity index is 1510. The normalized spacial score (nSPS) is 11.4. The molecule has 1 aromatic heterocycles. The molecule has 0 saturated carbocycles. The third-order valence-corrected chi connectivity index (χ3v) is 7.69. The number of hydrogen-bond acceptors (Lipinski definition) is 7. The van der Waals surface area contributed by atoms with E-state index in [1.807, 2.05) is 24.3 Å². The number of non-ortho nitro benzene ring substituents is 1. The second kappa shape index (κ2) is 9.24. The molecule has 4 aromatic rings. The van der Waals surface area contributed by atoms with Gasteiger partial charge < -0.3 is 4.74 Å². The van der Waals surface area contributed by atoms with Crippen LogP contribution in [0.25, 0.3) is 21.9 Å². The van der Waals surface area contributed by atoms with Gasteiger partial charge in [-0.1, -0.05) is 30.3 Å². The molecule has 0 saturated heterocycles. The van der Waals surface area contributed by atoms with Crippen molar-refractivity contribution in [1.29, 1.82) is 0 Å². The SMILES string of the molecule is CCOC(=O)c1c(NS(=O)(=O)c2ccc3ccccc3c2)sc(C)c1-c1ccc([N+](=O)[O-])cc1. The molecule has 4 rings (SSSR count). The van der Waals surface area contributed by atoms with Crippen molar-refractivity contribution in [1.82, 2.24) is 0 Å². The van der Waals surface area contributed by atoms with Crippen molar-refractivity contribution in [3.63, 3.8) is 0 Å². The highest BCUT2D eigenvalue weighted by molar-refractivity contribution is 7.93. The molecular formula is C24H20N2O6S2. The van der Waals surface area contributed by atoms with Gasteiger partial charge in [-0.15, -0.1) is 11.3 Å². The minimum Gasteiger partial charge on any atom is -0.462 e. The molecule has 8 nitrogen and oxygen atoms in total. The van der Waals surface area contributed by atoms with Crippen LogP contribution in [0.5, 0.6) is 0 Å². The third kappa shape index (κ3) is 4.50. The van der Waals surface area contributed by atoms with Gasteiger partial charge in [-0.3, -0.25) is 14.8 Å². The zero-order chi connectivity index (χ0) is 24.5. The highest BCUT2D eigenvalue weighted by Crippen LogP contribution is 2.41. The van der Waals surface area contributed by atoms with Crippen molar-refractivity contribution in [3.05, 3.63) is 87.3 Å². The molecule has 0 amide bonds. The maximum absolute atomic E-state index is 13.2. The average Bonchev–Trinajstić information content (AvgIpc) is 3.13. The molecule has 0 radical (unpaired) electrons. The number of hydrogen-bond donors (Lipinski definition) is 1. The van der Waals surface area contributed by atoms with Crippen molar-refractivity contribution >= 4 is 48.8 Å². The van der Waals surface area contributed by atoms with Crippen LogP contribution in [0.3, 0.4) is 0 Å². The first-order valence-electron chi connectivity index (χ1n) is 10.3. The summed E-state index contributed by atoms with van der Waals surface area (Å²) in [5.74, 6) is -0.684. The molecule has 1 heterocycles. The molecule has 0 bridgehead atoms. The molecule has 34 heavy (non-hydrogen) atoms. The van der Waals surface area contributed by atoms with Gasteiger partial charge >= 0.3 is 5.97 Å². The number of aryl methyl sites for hydroxylation is 1. The number of nitro groups is 1. The number of thiophene rings is 1. The van der Waals surface area contributed by atoms with Gasteiger partial charge in [-0.2, -0.15) is 0 Å². The van der Waals surface area contributed by atoms with Gasteiger partial charge in [0.1, 0.15) is 10.6 Å². The fraction of sp³-hybridized carbons (Fsp3) is 0.125. The van der Waals surface area contributed by atoms with Crippen LogP contribution in [0, 0.1) is 17.0 Å². The predicted octanol–water partition coefficient (Wildman–Crippen LogP) is 5.76. The van der Waals surface area contributed by atoms with Crippen LogP contribution in [-0.4, -0.2) is 25.9 Å². The zero-order valence-corrected chi connectivity index (χ0v) is 19.9. The molecule has 1 N–H and O–H groups in total. The van der Waals surface area contributed by atoms with Gasteiger partial charge in [-0.05, 0) is 54.4 Å². The van der Waals surface area contributed by atoms with Crippen molar-refractivity contribution in [2.75, 3.05) is 11.3 Å². The summed E-state index contributed by atoms with van der Waals surface area (Å²) in [5.41, 5.74) is 0.988. The number of nitrogens with zero attached hydrogens (tertiary/aromatic N) is 1. The lowest BCUT2D eigenvalue weighted by Gasteiger charge is -2.11. The largest absolute Gasteiger partial charge is 0.462 e. The number of nitro benzene ring substituents is 1. The first kappa shape index (κ1) is 23.4. The van der Waals surface area contributed by atoms with Crippen molar-refractivity contribution < 1.29 is 22.9 Å². The average molecular weight is 497 g/mol. The van der Waals surface area contributed by atoms with Crippen LogP contribution in [0.2, 0.25) is 0 Å². The first-order valence-corrected chi connectivity index (χ1v) is 12.6. The van der Waals surface area contributed by atoms with E-state index in [2.05, 4.69) is 4.72 Å². The van der Waals surface area contributed by atoms with E-state index in [9.17, 15) is 23.3 Å². The molecule has 3 aromatic carbocycles. The predicted molar refractivity (Wildman–Crippen MR) is 132 cm³/mol. The van der Waals surface area contributed by atoms with Gasteiger partial charge in [0, 0.05) is 22.6 Å². The number of fused-ring (bicyclic) bond motifs is 1. The summed E-state index contributed by atoms with van der Waals surface area (Å²) in [4.78, 5) is 24.1. The van der Waals surface area contributed by atoms with E-state index in [-0.39, 0.29) is 27.8 Å². The lowest BCUT2D eigenvalue weighted by atomic mass is 10.0. The molecule has 174 valence electrons. The maximum Gasteiger partial charge on any atom is 0.341 e. The highest BCUT2D eigenvalue weighted by Gasteiger charge is 2.28. The zero-order valence-electron chi connectivity index (χ0n) is 18.3. The van der Waals surface area contributed by atoms with E-state index in [0.717, 1.165) is 22.1 Å². The number of sulfonamides is 1. The van der Waals surface area contributed by atoms with Gasteiger partial charge in [-0.25, -0.2) is 13.2 Å². The number of ether oxygens (including phenoxy) is 1. The summed E-state index contributed by atoms with van der Waals surface area (Å²) in [6, 6.07) is 17.9. The molecule has 0 aliphatic rings. The number of esters is 1. The summed E-state index contributed by atoms with van der Waals surface area (Å²) in [6.45, 7) is 3.50. The molecule has 0 fully saturated rings. The van der Waals surface area contributed by atoms with Gasteiger partial charge in [0.05, 0.1) is 16.4 Å². The van der Waals surface area contributed by atoms with Crippen LogP contribution >= 0.6 is 11.3 Å². The Hall–Kier alpha value is -3.76. The summed E-state index contributed by atoms with van der Waals surface area (Å²) >= 11 is 1.10. The van der Waals surface area contributed by atoms with Crippen LogP contribution in [0.4, 0.5) is 10.7 Å². The number of benzene rings is 3. The maximum atomic E-state index is 13.2. The van der Waals surface area contributed by atoms with Gasteiger partial charge in [0.15, 0.2) is 0 Å². The molecule has 0 spiro atoms. The minimum absolute atomic E-state index is 0.0592. The summed E-state index contributed by atoms with van der Waals surface area (Å²) in [7, 11) is -4.02. The summed E-state index contributed by atoms with van der Waals surface area (Å²) in [6.07, 6.45) is 0. The Kier molecular flexibility index (Phi) is 6.36. The lowest BCUT2D eigenvalue weighted by Crippen LogP contribution is -2.15. The number of anilines is 1. The Balaban J connectivity index is 1.80. The minimum atomic E-state index is -4.02. The van der Waals surface area contributed by atoms with Crippen molar-refractivity contribution in [2.24, 2.45) is 0 Å². The quantitative estimate of drug-likeness (QED) is 0.197. The van der Waals surface area contributed by atoms with E-state index in [1.54, 1.807) is 26.0 Å². The van der Waals surface area contributed by atoms with E-state index >= 15 is 0 Å². The summed E-state index contributed by atoms with van der Waals surface area (Å²) in [5, 5.41) is 12.8. The van der Waals surface area contributed by atoms with Gasteiger partial charge in [0.2, 0.25) is 0 Å². The Morgan fingerprint density at radius 1 is 1.06 bits per heavy atom. The molecule has 0 atom stereocenters. The van der Waals surface area contributed by atoms with Crippen LogP contribution < -0.4 is 4.72 Å². The molecule has 10 heteroatoms. The molecule has 0 aliphatic heterocycles. The fourth-order valence-corrected chi connectivity index (χ4v) is 6.03.